The molecule has 0 unspecified atom stereocenters. The lowest BCUT2D eigenvalue weighted by Crippen LogP contribution is -2.28. The summed E-state index contributed by atoms with van der Waals surface area (Å²) in [5.74, 6) is 2.27. The minimum Gasteiger partial charge on any atom is -0.316 e. The van der Waals surface area contributed by atoms with E-state index < -0.39 is 0 Å². The van der Waals surface area contributed by atoms with Crippen molar-refractivity contribution in [3.8, 4) is 0 Å². The van der Waals surface area contributed by atoms with Gasteiger partial charge in [-0.3, -0.25) is 0 Å². The average Bonchev–Trinajstić information content (AvgIpc) is 1.84. The molecule has 0 bridgehead atoms. The highest BCUT2D eigenvalue weighted by Gasteiger charge is 2.15. The highest BCUT2D eigenvalue weighted by atomic mass is 32.2. The highest BCUT2D eigenvalue weighted by Crippen LogP contribution is 2.24. The highest BCUT2D eigenvalue weighted by molar-refractivity contribution is 7.98. The number of nitrogens with one attached hydrogen (secondary N) is 1. The molecule has 0 radical (unpaired) electrons. The maximum absolute atomic E-state index is 3.47. The van der Waals surface area contributed by atoms with E-state index in [2.05, 4.69) is 11.6 Å². The minimum absolute atomic E-state index is 1.02. The van der Waals surface area contributed by atoms with Crippen molar-refractivity contribution in [2.24, 2.45) is 5.92 Å². The largest absolute Gasteiger partial charge is 0.316 e. The molecule has 1 aliphatic rings. The van der Waals surface area contributed by atoms with Crippen LogP contribution in [0, 0.1) is 5.92 Å². The number of hydrogen-bond donors (Lipinski definition) is 1. The maximum atomic E-state index is 3.47. The third-order valence-corrected chi connectivity index (χ3v) is 2.75. The molecule has 1 N–H and O–H groups in total. The summed E-state index contributed by atoms with van der Waals surface area (Å²) >= 11 is 1.92. The lowest BCUT2D eigenvalue weighted by Gasteiger charge is -2.25. The van der Waals surface area contributed by atoms with E-state index in [-0.39, 0.29) is 0 Å². The number of hydrogen-bond acceptors (Lipinski definition) is 2. The molecular weight excluding hydrogens is 142 g/mol. The van der Waals surface area contributed by atoms with Crippen LogP contribution >= 0.6 is 11.8 Å². The lowest BCUT2D eigenvalue weighted by atomic mass is 9.85. The fourth-order valence-electron chi connectivity index (χ4n) is 1.18. The predicted octanol–water partition coefficient (Wildman–Crippen LogP) is 1.74. The molecule has 1 saturated carbocycles. The topological polar surface area (TPSA) is 12.0 Å². The van der Waals surface area contributed by atoms with Crippen molar-refractivity contribution in [1.82, 2.24) is 5.32 Å². The monoisotopic (exact) mass is 159 g/mol. The summed E-state index contributed by atoms with van der Waals surface area (Å²) in [6.07, 6.45) is 6.55. The molecule has 1 nitrogen and oxygen atoms in total. The molecular formula is C8H17NS. The van der Waals surface area contributed by atoms with Crippen molar-refractivity contribution >= 4 is 11.8 Å². The molecule has 1 fully saturated rings. The summed E-state index contributed by atoms with van der Waals surface area (Å²) in [6, 6.07) is 0. The van der Waals surface area contributed by atoms with Crippen LogP contribution in [0.25, 0.3) is 0 Å². The van der Waals surface area contributed by atoms with Gasteiger partial charge in [0, 0.05) is 12.3 Å². The van der Waals surface area contributed by atoms with Gasteiger partial charge in [0.15, 0.2) is 0 Å². The Hall–Kier alpha value is 0.310. The molecule has 0 aromatic rings. The predicted molar refractivity (Wildman–Crippen MR) is 48.6 cm³/mol. The van der Waals surface area contributed by atoms with Gasteiger partial charge in [0.05, 0.1) is 0 Å². The van der Waals surface area contributed by atoms with Crippen molar-refractivity contribution in [2.75, 3.05) is 25.1 Å². The van der Waals surface area contributed by atoms with Crippen molar-refractivity contribution in [1.29, 1.82) is 0 Å². The summed E-state index contributed by atoms with van der Waals surface area (Å²) < 4.78 is 0. The van der Waals surface area contributed by atoms with Gasteiger partial charge in [-0.1, -0.05) is 6.42 Å². The van der Waals surface area contributed by atoms with Crippen molar-refractivity contribution in [3.05, 3.63) is 0 Å². The maximum Gasteiger partial charge on any atom is 0.00553 e. The van der Waals surface area contributed by atoms with E-state index in [0.717, 1.165) is 5.92 Å². The Bertz CT molecular complexity index is 81.3. The van der Waals surface area contributed by atoms with E-state index in [1.807, 2.05) is 11.8 Å². The first-order chi connectivity index (χ1) is 4.93. The molecule has 0 heterocycles. The van der Waals surface area contributed by atoms with E-state index in [4.69, 9.17) is 0 Å². The molecule has 10 heavy (non-hydrogen) atoms. The lowest BCUT2D eigenvalue weighted by molar-refractivity contribution is 0.304. The second-order valence-corrected chi connectivity index (χ2v) is 3.98. The standard InChI is InChI=1S/C8H17NS/c1-10-6-5-9-7-8-3-2-4-8/h8-9H,2-7H2,1H3. The van der Waals surface area contributed by atoms with Gasteiger partial charge in [-0.25, -0.2) is 0 Å². The fourth-order valence-corrected chi connectivity index (χ4v) is 1.53. The Morgan fingerprint density at radius 2 is 2.30 bits per heavy atom. The summed E-state index contributed by atoms with van der Waals surface area (Å²) in [6.45, 7) is 2.46. The molecule has 60 valence electrons. The molecule has 0 aromatic carbocycles. The second-order valence-electron chi connectivity index (χ2n) is 2.99. The first-order valence-corrected chi connectivity index (χ1v) is 5.52. The fraction of sp³-hybridized carbons (Fsp3) is 1.00. The number of rotatable bonds is 5. The quantitative estimate of drug-likeness (QED) is 0.613. The molecule has 1 rings (SSSR count). The summed E-state index contributed by atoms with van der Waals surface area (Å²) in [5, 5.41) is 3.47. The van der Waals surface area contributed by atoms with Gasteiger partial charge in [-0.05, 0) is 31.6 Å². The van der Waals surface area contributed by atoms with Gasteiger partial charge in [0.2, 0.25) is 0 Å². The van der Waals surface area contributed by atoms with Crippen molar-refractivity contribution in [3.63, 3.8) is 0 Å². The van der Waals surface area contributed by atoms with Crippen LogP contribution in [0.5, 0.6) is 0 Å². The third kappa shape index (κ3) is 2.93. The van der Waals surface area contributed by atoms with Crippen LogP contribution in [-0.4, -0.2) is 25.1 Å². The van der Waals surface area contributed by atoms with Gasteiger partial charge in [0.1, 0.15) is 0 Å². The zero-order valence-corrected chi connectivity index (χ0v) is 7.54. The SMILES string of the molecule is CSCCNCC1CCC1. The Kier molecular flexibility index (Phi) is 4.23. The first-order valence-electron chi connectivity index (χ1n) is 4.13. The Morgan fingerprint density at radius 3 is 2.80 bits per heavy atom. The van der Waals surface area contributed by atoms with Crippen LogP contribution in [0.2, 0.25) is 0 Å². The molecule has 0 aromatic heterocycles. The van der Waals surface area contributed by atoms with E-state index in [9.17, 15) is 0 Å². The van der Waals surface area contributed by atoms with Gasteiger partial charge in [-0.2, -0.15) is 11.8 Å². The second kappa shape index (κ2) is 5.03. The average molecular weight is 159 g/mol. The van der Waals surface area contributed by atoms with Crippen LogP contribution in [0.3, 0.4) is 0 Å². The van der Waals surface area contributed by atoms with E-state index in [1.165, 1.54) is 38.1 Å². The van der Waals surface area contributed by atoms with E-state index in [1.54, 1.807) is 0 Å². The normalized spacial score (nSPS) is 18.9. The molecule has 0 aliphatic heterocycles. The van der Waals surface area contributed by atoms with Crippen molar-refractivity contribution < 1.29 is 0 Å². The summed E-state index contributed by atoms with van der Waals surface area (Å²) in [4.78, 5) is 0. The zero-order valence-electron chi connectivity index (χ0n) is 6.73. The molecule has 0 amide bonds. The van der Waals surface area contributed by atoms with Crippen LogP contribution in [-0.2, 0) is 0 Å². The van der Waals surface area contributed by atoms with E-state index >= 15 is 0 Å². The smallest absolute Gasteiger partial charge is 0.00553 e. The van der Waals surface area contributed by atoms with Gasteiger partial charge in [-0.15, -0.1) is 0 Å². The Labute approximate surface area is 68.0 Å². The number of thioether (sulfide) groups is 1. The third-order valence-electron chi connectivity index (χ3n) is 2.14. The van der Waals surface area contributed by atoms with Gasteiger partial charge in [0.25, 0.3) is 0 Å². The Balaban J connectivity index is 1.76. The molecule has 0 atom stereocenters. The molecule has 0 spiro atoms. The Morgan fingerprint density at radius 1 is 1.50 bits per heavy atom. The summed E-state index contributed by atoms with van der Waals surface area (Å²) in [5.41, 5.74) is 0. The van der Waals surface area contributed by atoms with Crippen LogP contribution < -0.4 is 5.32 Å². The van der Waals surface area contributed by atoms with Crippen molar-refractivity contribution in [2.45, 2.75) is 19.3 Å². The first kappa shape index (κ1) is 8.41. The van der Waals surface area contributed by atoms with Crippen LogP contribution in [0.15, 0.2) is 0 Å². The van der Waals surface area contributed by atoms with Gasteiger partial charge < -0.3 is 5.32 Å². The van der Waals surface area contributed by atoms with E-state index in [0.29, 0.717) is 0 Å². The summed E-state index contributed by atoms with van der Waals surface area (Å²) in [7, 11) is 0. The minimum atomic E-state index is 1.02. The van der Waals surface area contributed by atoms with Crippen LogP contribution in [0.1, 0.15) is 19.3 Å². The molecule has 0 saturated heterocycles. The molecule has 1 aliphatic carbocycles. The zero-order chi connectivity index (χ0) is 7.23. The van der Waals surface area contributed by atoms with Gasteiger partial charge >= 0.3 is 0 Å². The molecule has 2 heteroatoms. The van der Waals surface area contributed by atoms with Crippen LogP contribution in [0.4, 0.5) is 0 Å².